The number of hydrogen-bond acceptors (Lipinski definition) is 3. The zero-order valence-corrected chi connectivity index (χ0v) is 13.5. The van der Waals surface area contributed by atoms with Gasteiger partial charge in [0.2, 0.25) is 0 Å². The van der Waals surface area contributed by atoms with E-state index >= 15 is 0 Å². The highest BCUT2D eigenvalue weighted by Crippen LogP contribution is 2.27. The van der Waals surface area contributed by atoms with Gasteiger partial charge in [0.25, 0.3) is 0 Å². The van der Waals surface area contributed by atoms with Gasteiger partial charge in [-0.25, -0.2) is 0 Å². The Balaban J connectivity index is 2.39. The number of pyridine rings is 2. The van der Waals surface area contributed by atoms with Crippen molar-refractivity contribution in [3.05, 3.63) is 29.0 Å². The van der Waals surface area contributed by atoms with E-state index in [0.717, 1.165) is 27.6 Å². The fourth-order valence-electron chi connectivity index (χ4n) is 2.35. The lowest BCUT2D eigenvalue weighted by atomic mass is 10.0. The van der Waals surface area contributed by atoms with E-state index in [4.69, 9.17) is 0 Å². The standard InChI is InChI=1S/C15H20BrN3/c1-10(2)7-11(3)19(4)14-5-6-17-13-8-12(16)9-18-15(13)14/h5-6,8-11H,7H2,1-4H3. The van der Waals surface area contributed by atoms with Crippen molar-refractivity contribution < 1.29 is 0 Å². The minimum atomic E-state index is 0.482. The molecule has 0 N–H and O–H groups in total. The molecule has 2 aromatic heterocycles. The molecule has 2 aromatic rings. The first-order chi connectivity index (χ1) is 8.99. The molecule has 0 aliphatic heterocycles. The molecule has 0 fully saturated rings. The molecule has 19 heavy (non-hydrogen) atoms. The Labute approximate surface area is 123 Å². The number of fused-ring (bicyclic) bond motifs is 1. The summed E-state index contributed by atoms with van der Waals surface area (Å²) < 4.78 is 0.961. The van der Waals surface area contributed by atoms with Gasteiger partial charge in [0.1, 0.15) is 5.52 Å². The van der Waals surface area contributed by atoms with E-state index in [9.17, 15) is 0 Å². The molecule has 1 unspecified atom stereocenters. The molecule has 0 spiro atoms. The van der Waals surface area contributed by atoms with Crippen LogP contribution in [0.15, 0.2) is 29.0 Å². The summed E-state index contributed by atoms with van der Waals surface area (Å²) in [5, 5.41) is 0. The van der Waals surface area contributed by atoms with Gasteiger partial charge in [0, 0.05) is 30.0 Å². The van der Waals surface area contributed by atoms with Crippen molar-refractivity contribution >= 4 is 32.7 Å². The van der Waals surface area contributed by atoms with Crippen molar-refractivity contribution in [1.29, 1.82) is 0 Å². The van der Waals surface area contributed by atoms with Gasteiger partial charge < -0.3 is 4.90 Å². The summed E-state index contributed by atoms with van der Waals surface area (Å²) in [5.74, 6) is 0.688. The topological polar surface area (TPSA) is 29.0 Å². The molecule has 0 aromatic carbocycles. The van der Waals surface area contributed by atoms with Crippen LogP contribution in [0.25, 0.3) is 11.0 Å². The van der Waals surface area contributed by atoms with Crippen LogP contribution >= 0.6 is 15.9 Å². The van der Waals surface area contributed by atoms with Gasteiger partial charge in [0.15, 0.2) is 0 Å². The predicted octanol–water partition coefficient (Wildman–Crippen LogP) is 4.26. The maximum atomic E-state index is 4.51. The highest BCUT2D eigenvalue weighted by Gasteiger charge is 2.15. The van der Waals surface area contributed by atoms with Crippen LogP contribution in [0.3, 0.4) is 0 Å². The van der Waals surface area contributed by atoms with Crippen LogP contribution in [0.4, 0.5) is 5.69 Å². The second-order valence-corrected chi connectivity index (χ2v) is 6.36. The predicted molar refractivity (Wildman–Crippen MR) is 84.6 cm³/mol. The molecular formula is C15H20BrN3. The van der Waals surface area contributed by atoms with Crippen molar-refractivity contribution in [2.24, 2.45) is 5.92 Å². The molecule has 102 valence electrons. The van der Waals surface area contributed by atoms with Gasteiger partial charge in [-0.1, -0.05) is 13.8 Å². The van der Waals surface area contributed by atoms with Crippen LogP contribution in [0, 0.1) is 5.92 Å². The molecule has 4 heteroatoms. The summed E-state index contributed by atoms with van der Waals surface area (Å²) >= 11 is 3.44. The molecule has 2 heterocycles. The third-order valence-corrected chi connectivity index (χ3v) is 3.81. The fourth-order valence-corrected chi connectivity index (χ4v) is 2.67. The highest BCUT2D eigenvalue weighted by molar-refractivity contribution is 9.10. The molecule has 0 saturated carbocycles. The second kappa shape index (κ2) is 5.87. The largest absolute Gasteiger partial charge is 0.370 e. The summed E-state index contributed by atoms with van der Waals surface area (Å²) in [6, 6.07) is 4.53. The molecule has 2 rings (SSSR count). The van der Waals surface area contributed by atoms with Crippen molar-refractivity contribution in [2.45, 2.75) is 33.2 Å². The van der Waals surface area contributed by atoms with E-state index in [2.05, 4.69) is 58.6 Å². The van der Waals surface area contributed by atoms with Crippen LogP contribution < -0.4 is 4.90 Å². The minimum Gasteiger partial charge on any atom is -0.370 e. The van der Waals surface area contributed by atoms with Crippen LogP contribution in [-0.4, -0.2) is 23.1 Å². The Morgan fingerprint density at radius 2 is 2.00 bits per heavy atom. The van der Waals surface area contributed by atoms with E-state index in [1.54, 1.807) is 0 Å². The summed E-state index contributed by atoms with van der Waals surface area (Å²) in [5.41, 5.74) is 3.03. The Kier molecular flexibility index (Phi) is 4.40. The van der Waals surface area contributed by atoms with Gasteiger partial charge >= 0.3 is 0 Å². The quantitative estimate of drug-likeness (QED) is 0.842. The smallest absolute Gasteiger partial charge is 0.112 e. The van der Waals surface area contributed by atoms with Crippen LogP contribution in [0.2, 0.25) is 0 Å². The molecule has 0 aliphatic carbocycles. The van der Waals surface area contributed by atoms with Crippen molar-refractivity contribution in [3.63, 3.8) is 0 Å². The molecule has 3 nitrogen and oxygen atoms in total. The Morgan fingerprint density at radius 1 is 1.26 bits per heavy atom. The van der Waals surface area contributed by atoms with E-state index in [1.165, 1.54) is 0 Å². The minimum absolute atomic E-state index is 0.482. The number of anilines is 1. The first kappa shape index (κ1) is 14.3. The van der Waals surface area contributed by atoms with Gasteiger partial charge in [-0.3, -0.25) is 9.97 Å². The van der Waals surface area contributed by atoms with Crippen LogP contribution in [-0.2, 0) is 0 Å². The third-order valence-electron chi connectivity index (χ3n) is 3.38. The van der Waals surface area contributed by atoms with Crippen molar-refractivity contribution in [2.75, 3.05) is 11.9 Å². The van der Waals surface area contributed by atoms with Crippen LogP contribution in [0.1, 0.15) is 27.2 Å². The molecule has 0 aliphatic rings. The maximum Gasteiger partial charge on any atom is 0.112 e. The molecular weight excluding hydrogens is 302 g/mol. The lowest BCUT2D eigenvalue weighted by molar-refractivity contribution is 0.504. The van der Waals surface area contributed by atoms with E-state index < -0.39 is 0 Å². The summed E-state index contributed by atoms with van der Waals surface area (Å²) in [4.78, 5) is 11.2. The first-order valence-electron chi connectivity index (χ1n) is 6.62. The van der Waals surface area contributed by atoms with Crippen LogP contribution in [0.5, 0.6) is 0 Å². The first-order valence-corrected chi connectivity index (χ1v) is 7.41. The highest BCUT2D eigenvalue weighted by atomic mass is 79.9. The van der Waals surface area contributed by atoms with Gasteiger partial charge in [-0.05, 0) is 47.3 Å². The maximum absolute atomic E-state index is 4.51. The zero-order valence-electron chi connectivity index (χ0n) is 11.9. The van der Waals surface area contributed by atoms with E-state index in [1.807, 2.05) is 24.5 Å². The number of hydrogen-bond donors (Lipinski definition) is 0. The second-order valence-electron chi connectivity index (χ2n) is 5.44. The summed E-state index contributed by atoms with van der Waals surface area (Å²) in [6.45, 7) is 6.76. The number of rotatable bonds is 4. The van der Waals surface area contributed by atoms with Gasteiger partial charge in [-0.15, -0.1) is 0 Å². The van der Waals surface area contributed by atoms with E-state index in [-0.39, 0.29) is 0 Å². The average Bonchev–Trinajstić information content (AvgIpc) is 2.36. The van der Waals surface area contributed by atoms with Crippen molar-refractivity contribution in [1.82, 2.24) is 9.97 Å². The fraction of sp³-hybridized carbons (Fsp3) is 0.467. The Hall–Kier alpha value is -1.16. The number of aromatic nitrogens is 2. The van der Waals surface area contributed by atoms with Gasteiger partial charge in [0.05, 0.1) is 11.2 Å². The lowest BCUT2D eigenvalue weighted by Crippen LogP contribution is -2.30. The number of nitrogens with zero attached hydrogens (tertiary/aromatic N) is 3. The number of halogens is 1. The van der Waals surface area contributed by atoms with Gasteiger partial charge in [-0.2, -0.15) is 0 Å². The monoisotopic (exact) mass is 321 g/mol. The third kappa shape index (κ3) is 3.24. The molecule has 1 atom stereocenters. The summed E-state index contributed by atoms with van der Waals surface area (Å²) in [7, 11) is 2.13. The normalized spacial score (nSPS) is 12.9. The molecule has 0 amide bonds. The zero-order chi connectivity index (χ0) is 14.0. The molecule has 0 bridgehead atoms. The SMILES string of the molecule is CC(C)CC(C)N(C)c1ccnc2cc(Br)cnc12. The molecule has 0 radical (unpaired) electrons. The molecule has 0 saturated heterocycles. The summed E-state index contributed by atoms with van der Waals surface area (Å²) in [6.07, 6.45) is 4.84. The Bertz CT molecular complexity index is 568. The average molecular weight is 322 g/mol. The van der Waals surface area contributed by atoms with Crippen molar-refractivity contribution in [3.8, 4) is 0 Å². The Morgan fingerprint density at radius 3 is 2.68 bits per heavy atom. The van der Waals surface area contributed by atoms with E-state index in [0.29, 0.717) is 12.0 Å². The lowest BCUT2D eigenvalue weighted by Gasteiger charge is -2.28.